The van der Waals surface area contributed by atoms with Gasteiger partial charge in [-0.25, -0.2) is 4.79 Å². The molecule has 4 N–H and O–H groups in total. The van der Waals surface area contributed by atoms with Crippen molar-refractivity contribution >= 4 is 52.0 Å². The molecule has 3 aromatic carbocycles. The van der Waals surface area contributed by atoms with Crippen molar-refractivity contribution in [3.8, 4) is 0 Å². The molecule has 3 aromatic rings. The smallest absolute Gasteiger partial charge is 0.338 e. The van der Waals surface area contributed by atoms with Crippen molar-refractivity contribution in [3.63, 3.8) is 0 Å². The number of esters is 1. The molecule has 0 radical (unpaired) electrons. The van der Waals surface area contributed by atoms with Gasteiger partial charge in [0.15, 0.2) is 0 Å². The number of carbonyl (C=O) groups excluding carboxylic acids is 4. The molecular weight excluding hydrogens is 510 g/mol. The van der Waals surface area contributed by atoms with Crippen LogP contribution in [0.2, 0.25) is 0 Å². The Balaban J connectivity index is 1.63. The van der Waals surface area contributed by atoms with E-state index < -0.39 is 11.9 Å². The molecular formula is C30H31N5O5. The van der Waals surface area contributed by atoms with Crippen molar-refractivity contribution in [2.24, 2.45) is 5.73 Å². The minimum absolute atomic E-state index is 0.0137. The number of rotatable bonds is 10. The number of nitrogens with one attached hydrogen (secondary N) is 2. The van der Waals surface area contributed by atoms with E-state index in [-0.39, 0.29) is 31.5 Å². The van der Waals surface area contributed by atoms with Crippen LogP contribution < -0.4 is 21.3 Å². The number of amides is 3. The highest BCUT2D eigenvalue weighted by atomic mass is 16.5. The van der Waals surface area contributed by atoms with Gasteiger partial charge in [0.05, 0.1) is 42.2 Å². The van der Waals surface area contributed by atoms with Crippen molar-refractivity contribution in [1.82, 2.24) is 4.90 Å². The summed E-state index contributed by atoms with van der Waals surface area (Å²) in [4.78, 5) is 52.2. The topological polar surface area (TPSA) is 134 Å². The van der Waals surface area contributed by atoms with E-state index in [0.29, 0.717) is 39.5 Å². The molecule has 0 fully saturated rings. The number of anilines is 3. The molecule has 0 aliphatic carbocycles. The second kappa shape index (κ2) is 12.3. The molecule has 0 saturated carbocycles. The monoisotopic (exact) mass is 541 g/mol. The lowest BCUT2D eigenvalue weighted by Crippen LogP contribution is -2.40. The van der Waals surface area contributed by atoms with Crippen molar-refractivity contribution in [1.29, 1.82) is 0 Å². The zero-order valence-corrected chi connectivity index (χ0v) is 22.6. The Morgan fingerprint density at radius 3 is 2.27 bits per heavy atom. The number of hydrogen-bond donors (Lipinski definition) is 3. The maximum Gasteiger partial charge on any atom is 0.338 e. The standard InChI is InChI=1S/C30H31N5O5/c1-4-40-30(39)20-10-15-23-24(16-20)33-29(38)27(23)28(19-8-6-5-7-9-19)32-21-11-13-22(14-12-21)35(3)26(37)18-34(2)17-25(31)36/h5-16,32H,4,17-18H2,1-3H3,(H2,31,36)(H,33,38). The normalized spacial score (nSPS) is 13.3. The minimum atomic E-state index is -0.505. The van der Waals surface area contributed by atoms with Crippen LogP contribution in [0.3, 0.4) is 0 Å². The predicted molar refractivity (Wildman–Crippen MR) is 154 cm³/mol. The summed E-state index contributed by atoms with van der Waals surface area (Å²) in [5.74, 6) is -1.46. The number of carbonyl (C=O) groups is 4. The lowest BCUT2D eigenvalue weighted by molar-refractivity contribution is -0.121. The van der Waals surface area contributed by atoms with Gasteiger partial charge in [-0.1, -0.05) is 36.4 Å². The molecule has 1 aliphatic rings. The van der Waals surface area contributed by atoms with E-state index in [1.807, 2.05) is 42.5 Å². The third-order valence-corrected chi connectivity index (χ3v) is 6.32. The first-order chi connectivity index (χ1) is 19.2. The first-order valence-corrected chi connectivity index (χ1v) is 12.7. The highest BCUT2D eigenvalue weighted by molar-refractivity contribution is 6.37. The van der Waals surface area contributed by atoms with Crippen LogP contribution in [0, 0.1) is 0 Å². The van der Waals surface area contributed by atoms with Crippen LogP contribution in [0.5, 0.6) is 0 Å². The summed E-state index contributed by atoms with van der Waals surface area (Å²) in [7, 11) is 3.31. The van der Waals surface area contributed by atoms with Crippen molar-refractivity contribution in [2.45, 2.75) is 6.92 Å². The van der Waals surface area contributed by atoms with E-state index in [9.17, 15) is 19.2 Å². The Kier molecular flexibility index (Phi) is 8.60. The number of primary amides is 1. The van der Waals surface area contributed by atoms with Gasteiger partial charge in [-0.05, 0) is 55.9 Å². The average molecular weight is 542 g/mol. The van der Waals surface area contributed by atoms with E-state index in [0.717, 1.165) is 5.56 Å². The average Bonchev–Trinajstić information content (AvgIpc) is 3.26. The summed E-state index contributed by atoms with van der Waals surface area (Å²) in [6.45, 7) is 2.01. The first kappa shape index (κ1) is 28.1. The SMILES string of the molecule is CCOC(=O)c1ccc2c(c1)NC(=O)C2=C(Nc1ccc(N(C)C(=O)CN(C)CC(N)=O)cc1)c1ccccc1. The summed E-state index contributed by atoms with van der Waals surface area (Å²) in [5, 5.41) is 6.24. The quantitative estimate of drug-likeness (QED) is 0.265. The maximum atomic E-state index is 13.2. The van der Waals surface area contributed by atoms with Crippen LogP contribution in [-0.4, -0.2) is 62.4 Å². The van der Waals surface area contributed by atoms with Gasteiger partial charge < -0.3 is 26.0 Å². The number of nitrogens with two attached hydrogens (primary N) is 1. The highest BCUT2D eigenvalue weighted by Crippen LogP contribution is 2.38. The van der Waals surface area contributed by atoms with Gasteiger partial charge >= 0.3 is 5.97 Å². The molecule has 0 aromatic heterocycles. The number of likely N-dealkylation sites (N-methyl/N-ethyl adjacent to an activating group) is 2. The lowest BCUT2D eigenvalue weighted by atomic mass is 9.99. The molecule has 206 valence electrons. The van der Waals surface area contributed by atoms with Gasteiger partial charge in [-0.2, -0.15) is 0 Å². The zero-order chi connectivity index (χ0) is 28.8. The summed E-state index contributed by atoms with van der Waals surface area (Å²) >= 11 is 0. The van der Waals surface area contributed by atoms with E-state index in [1.165, 1.54) is 4.90 Å². The number of hydrogen-bond acceptors (Lipinski definition) is 7. The van der Waals surface area contributed by atoms with Crippen molar-refractivity contribution in [2.75, 3.05) is 49.3 Å². The molecule has 3 amide bonds. The predicted octanol–water partition coefficient (Wildman–Crippen LogP) is 3.18. The number of fused-ring (bicyclic) bond motifs is 1. The van der Waals surface area contributed by atoms with Gasteiger partial charge in [-0.3, -0.25) is 19.3 Å². The molecule has 1 heterocycles. The molecule has 1 aliphatic heterocycles. The summed E-state index contributed by atoms with van der Waals surface area (Å²) < 4.78 is 5.09. The summed E-state index contributed by atoms with van der Waals surface area (Å²) in [6.07, 6.45) is 0. The second-order valence-electron chi connectivity index (χ2n) is 9.31. The molecule has 40 heavy (non-hydrogen) atoms. The van der Waals surface area contributed by atoms with Crippen LogP contribution in [0.4, 0.5) is 17.1 Å². The van der Waals surface area contributed by atoms with Crippen LogP contribution in [0.25, 0.3) is 11.3 Å². The van der Waals surface area contributed by atoms with Gasteiger partial charge in [0, 0.05) is 24.0 Å². The number of benzene rings is 3. The molecule has 10 nitrogen and oxygen atoms in total. The van der Waals surface area contributed by atoms with Crippen LogP contribution in [-0.2, 0) is 19.1 Å². The third kappa shape index (κ3) is 6.36. The van der Waals surface area contributed by atoms with Gasteiger partial charge in [-0.15, -0.1) is 0 Å². The van der Waals surface area contributed by atoms with Crippen LogP contribution in [0.15, 0.2) is 72.8 Å². The Labute approximate surface area is 232 Å². The molecule has 0 atom stereocenters. The molecule has 0 unspecified atom stereocenters. The Morgan fingerprint density at radius 2 is 1.62 bits per heavy atom. The Bertz CT molecular complexity index is 1470. The molecule has 0 saturated heterocycles. The highest BCUT2D eigenvalue weighted by Gasteiger charge is 2.29. The van der Waals surface area contributed by atoms with Crippen LogP contribution >= 0.6 is 0 Å². The number of ether oxygens (including phenoxy) is 1. The van der Waals surface area contributed by atoms with Crippen molar-refractivity contribution < 1.29 is 23.9 Å². The van der Waals surface area contributed by atoms with E-state index >= 15 is 0 Å². The Morgan fingerprint density at radius 1 is 0.925 bits per heavy atom. The Hall–Kier alpha value is -4.96. The second-order valence-corrected chi connectivity index (χ2v) is 9.31. The lowest BCUT2D eigenvalue weighted by Gasteiger charge is -2.22. The summed E-state index contributed by atoms with van der Waals surface area (Å²) in [6, 6.07) is 21.6. The fraction of sp³-hybridized carbons (Fsp3) is 0.200. The van der Waals surface area contributed by atoms with Gasteiger partial charge in [0.1, 0.15) is 0 Å². The minimum Gasteiger partial charge on any atom is -0.462 e. The number of nitrogens with zero attached hydrogens (tertiary/aromatic N) is 2. The van der Waals surface area contributed by atoms with Gasteiger partial charge in [0.25, 0.3) is 5.91 Å². The largest absolute Gasteiger partial charge is 0.462 e. The van der Waals surface area contributed by atoms with Crippen LogP contribution in [0.1, 0.15) is 28.4 Å². The van der Waals surface area contributed by atoms with Crippen molar-refractivity contribution in [3.05, 3.63) is 89.5 Å². The van der Waals surface area contributed by atoms with E-state index in [4.69, 9.17) is 10.5 Å². The fourth-order valence-electron chi connectivity index (χ4n) is 4.36. The molecule has 4 rings (SSSR count). The van der Waals surface area contributed by atoms with E-state index in [1.54, 1.807) is 56.3 Å². The fourth-order valence-corrected chi connectivity index (χ4v) is 4.36. The zero-order valence-electron chi connectivity index (χ0n) is 22.6. The van der Waals surface area contributed by atoms with E-state index in [2.05, 4.69) is 10.6 Å². The first-order valence-electron chi connectivity index (χ1n) is 12.7. The molecule has 0 spiro atoms. The maximum absolute atomic E-state index is 13.2. The van der Waals surface area contributed by atoms with Gasteiger partial charge in [0.2, 0.25) is 11.8 Å². The molecule has 10 heteroatoms. The third-order valence-electron chi connectivity index (χ3n) is 6.32. The molecule has 0 bridgehead atoms. The summed E-state index contributed by atoms with van der Waals surface area (Å²) in [5.41, 5.74) is 9.92.